The van der Waals surface area contributed by atoms with Gasteiger partial charge in [-0.3, -0.25) is 4.79 Å². The lowest BCUT2D eigenvalue weighted by Crippen LogP contribution is -2.42. The fourth-order valence-electron chi connectivity index (χ4n) is 3.63. The molecule has 126 valence electrons. The van der Waals surface area contributed by atoms with E-state index >= 15 is 0 Å². The first-order chi connectivity index (χ1) is 11.6. The minimum absolute atomic E-state index is 0.00307. The van der Waals surface area contributed by atoms with Crippen LogP contribution in [0.4, 0.5) is 5.82 Å². The van der Waals surface area contributed by atoms with Gasteiger partial charge in [-0.05, 0) is 25.3 Å². The number of nitrogens with two attached hydrogens (primary N) is 1. The molecule has 0 bridgehead atoms. The van der Waals surface area contributed by atoms with E-state index in [0.717, 1.165) is 12.8 Å². The number of nitrogens with zero attached hydrogens (tertiary/aromatic N) is 2. The van der Waals surface area contributed by atoms with Crippen molar-refractivity contribution in [3.05, 3.63) is 53.5 Å². The Kier molecular flexibility index (Phi) is 4.79. The summed E-state index contributed by atoms with van der Waals surface area (Å²) in [6.45, 7) is 2.71. The second-order valence-corrected chi connectivity index (χ2v) is 6.68. The molecule has 1 aromatic heterocycles. The van der Waals surface area contributed by atoms with Gasteiger partial charge in [-0.25, -0.2) is 9.97 Å². The molecule has 1 aliphatic carbocycles. The largest absolute Gasteiger partial charge is 0.382 e. The zero-order valence-corrected chi connectivity index (χ0v) is 14.1. The first-order valence-corrected chi connectivity index (χ1v) is 8.53. The standard InChI is InChI=1S/C19H24N4O/c1-14-6-5-7-15(12-14)19(8-3-2-4-9-19)13-23-18(24)16-17(20)22-11-10-21-16/h5-7,10-12H,2-4,8-9,13H2,1H3,(H2,20,22)(H,23,24). The van der Waals surface area contributed by atoms with Crippen molar-refractivity contribution < 1.29 is 4.79 Å². The molecule has 0 radical (unpaired) electrons. The Hall–Kier alpha value is -2.43. The monoisotopic (exact) mass is 324 g/mol. The Morgan fingerprint density at radius 2 is 1.96 bits per heavy atom. The van der Waals surface area contributed by atoms with Gasteiger partial charge in [-0.2, -0.15) is 0 Å². The highest BCUT2D eigenvalue weighted by Gasteiger charge is 2.34. The maximum Gasteiger partial charge on any atom is 0.273 e. The topological polar surface area (TPSA) is 80.9 Å². The third-order valence-electron chi connectivity index (χ3n) is 4.97. The molecule has 1 heterocycles. The SMILES string of the molecule is Cc1cccc(C2(CNC(=O)c3nccnc3N)CCCCC2)c1. The second-order valence-electron chi connectivity index (χ2n) is 6.68. The lowest BCUT2D eigenvalue weighted by molar-refractivity contribution is 0.0932. The first-order valence-electron chi connectivity index (χ1n) is 8.53. The van der Waals surface area contributed by atoms with E-state index in [0.29, 0.717) is 6.54 Å². The number of benzene rings is 1. The van der Waals surface area contributed by atoms with Crippen molar-refractivity contribution in [2.75, 3.05) is 12.3 Å². The Bertz CT molecular complexity index is 723. The molecule has 3 rings (SSSR count). The minimum Gasteiger partial charge on any atom is -0.382 e. The van der Waals surface area contributed by atoms with E-state index in [2.05, 4.69) is 46.5 Å². The molecule has 0 unspecified atom stereocenters. The van der Waals surface area contributed by atoms with Gasteiger partial charge in [0.25, 0.3) is 5.91 Å². The summed E-state index contributed by atoms with van der Waals surface area (Å²) in [6.07, 6.45) is 8.80. The maximum atomic E-state index is 12.5. The lowest BCUT2D eigenvalue weighted by atomic mass is 9.69. The van der Waals surface area contributed by atoms with Crippen LogP contribution >= 0.6 is 0 Å². The summed E-state index contributed by atoms with van der Waals surface area (Å²) in [5, 5.41) is 3.05. The zero-order valence-electron chi connectivity index (χ0n) is 14.1. The van der Waals surface area contributed by atoms with E-state index in [4.69, 9.17) is 5.73 Å². The van der Waals surface area contributed by atoms with Gasteiger partial charge in [0.15, 0.2) is 11.5 Å². The number of carbonyl (C=O) groups is 1. The summed E-state index contributed by atoms with van der Waals surface area (Å²) in [5.74, 6) is -0.0820. The van der Waals surface area contributed by atoms with Crippen LogP contribution in [-0.2, 0) is 5.41 Å². The van der Waals surface area contributed by atoms with Gasteiger partial charge in [0.1, 0.15) is 0 Å². The van der Waals surface area contributed by atoms with Crippen molar-refractivity contribution in [1.82, 2.24) is 15.3 Å². The predicted molar refractivity (Wildman–Crippen MR) is 94.7 cm³/mol. The number of nitrogens with one attached hydrogen (secondary N) is 1. The summed E-state index contributed by atoms with van der Waals surface area (Å²) < 4.78 is 0. The molecule has 1 aliphatic rings. The Balaban J connectivity index is 1.80. The molecule has 24 heavy (non-hydrogen) atoms. The fraction of sp³-hybridized carbons (Fsp3) is 0.421. The van der Waals surface area contributed by atoms with Crippen LogP contribution in [-0.4, -0.2) is 22.4 Å². The van der Waals surface area contributed by atoms with E-state index in [-0.39, 0.29) is 22.8 Å². The van der Waals surface area contributed by atoms with E-state index < -0.39 is 0 Å². The third kappa shape index (κ3) is 3.40. The minimum atomic E-state index is -0.252. The summed E-state index contributed by atoms with van der Waals surface area (Å²) >= 11 is 0. The Morgan fingerprint density at radius 3 is 2.67 bits per heavy atom. The average Bonchev–Trinajstić information content (AvgIpc) is 2.61. The highest BCUT2D eigenvalue weighted by atomic mass is 16.1. The molecule has 5 heteroatoms. The van der Waals surface area contributed by atoms with Gasteiger partial charge < -0.3 is 11.1 Å². The number of rotatable bonds is 4. The smallest absolute Gasteiger partial charge is 0.273 e. The first kappa shape index (κ1) is 16.4. The molecule has 1 aromatic carbocycles. The molecule has 2 aromatic rings. The molecule has 0 saturated heterocycles. The van der Waals surface area contributed by atoms with Crippen LogP contribution in [0.25, 0.3) is 0 Å². The van der Waals surface area contributed by atoms with E-state index in [1.54, 1.807) is 0 Å². The summed E-state index contributed by atoms with van der Waals surface area (Å²) in [7, 11) is 0. The van der Waals surface area contributed by atoms with Crippen molar-refractivity contribution >= 4 is 11.7 Å². The quantitative estimate of drug-likeness (QED) is 0.906. The summed E-state index contributed by atoms with van der Waals surface area (Å²) in [6, 6.07) is 8.64. The second kappa shape index (κ2) is 6.99. The Labute approximate surface area is 142 Å². The maximum absolute atomic E-state index is 12.5. The zero-order chi connectivity index (χ0) is 17.0. The highest BCUT2D eigenvalue weighted by molar-refractivity contribution is 5.96. The molecule has 3 N–H and O–H groups in total. The molecule has 0 aliphatic heterocycles. The van der Waals surface area contributed by atoms with Crippen LogP contribution in [0.3, 0.4) is 0 Å². The number of anilines is 1. The van der Waals surface area contributed by atoms with Gasteiger partial charge in [-0.15, -0.1) is 0 Å². The van der Waals surface area contributed by atoms with E-state index in [1.807, 2.05) is 0 Å². The van der Waals surface area contributed by atoms with E-state index in [9.17, 15) is 4.79 Å². The number of carbonyl (C=O) groups excluding carboxylic acids is 1. The normalized spacial score (nSPS) is 16.5. The summed E-state index contributed by atoms with van der Waals surface area (Å²) in [4.78, 5) is 20.4. The molecule has 0 atom stereocenters. The van der Waals surface area contributed by atoms with Gasteiger partial charge in [0.05, 0.1) is 0 Å². The van der Waals surface area contributed by atoms with Gasteiger partial charge in [0.2, 0.25) is 0 Å². The van der Waals surface area contributed by atoms with E-state index in [1.165, 1.54) is 42.8 Å². The number of amides is 1. The van der Waals surface area contributed by atoms with Crippen LogP contribution in [0, 0.1) is 6.92 Å². The van der Waals surface area contributed by atoms with Crippen LogP contribution < -0.4 is 11.1 Å². The molecule has 1 saturated carbocycles. The van der Waals surface area contributed by atoms with Crippen LogP contribution in [0.5, 0.6) is 0 Å². The third-order valence-corrected chi connectivity index (χ3v) is 4.97. The molecular formula is C19H24N4O. The van der Waals surface area contributed by atoms with Crippen LogP contribution in [0.1, 0.15) is 53.7 Å². The van der Waals surface area contributed by atoms with Crippen LogP contribution in [0.15, 0.2) is 36.7 Å². The van der Waals surface area contributed by atoms with Crippen molar-refractivity contribution in [2.45, 2.75) is 44.4 Å². The summed E-state index contributed by atoms with van der Waals surface area (Å²) in [5.41, 5.74) is 8.52. The fourth-order valence-corrected chi connectivity index (χ4v) is 3.63. The molecule has 5 nitrogen and oxygen atoms in total. The van der Waals surface area contributed by atoms with Gasteiger partial charge in [-0.1, -0.05) is 49.1 Å². The molecular weight excluding hydrogens is 300 g/mol. The van der Waals surface area contributed by atoms with Crippen molar-refractivity contribution in [3.63, 3.8) is 0 Å². The van der Waals surface area contributed by atoms with Gasteiger partial charge >= 0.3 is 0 Å². The van der Waals surface area contributed by atoms with Crippen molar-refractivity contribution in [3.8, 4) is 0 Å². The molecule has 1 amide bonds. The average molecular weight is 324 g/mol. The number of aryl methyl sites for hydroxylation is 1. The van der Waals surface area contributed by atoms with Crippen LogP contribution in [0.2, 0.25) is 0 Å². The van der Waals surface area contributed by atoms with Crippen molar-refractivity contribution in [1.29, 1.82) is 0 Å². The predicted octanol–water partition coefficient (Wildman–Crippen LogP) is 3.00. The Morgan fingerprint density at radius 1 is 1.21 bits per heavy atom. The highest BCUT2D eigenvalue weighted by Crippen LogP contribution is 2.39. The molecule has 0 spiro atoms. The molecule has 1 fully saturated rings. The number of nitrogen functional groups attached to an aromatic ring is 1. The lowest BCUT2D eigenvalue weighted by Gasteiger charge is -2.38. The van der Waals surface area contributed by atoms with Gasteiger partial charge in [0, 0.05) is 24.4 Å². The number of hydrogen-bond acceptors (Lipinski definition) is 4. The number of aromatic nitrogens is 2. The van der Waals surface area contributed by atoms with Crippen molar-refractivity contribution in [2.24, 2.45) is 0 Å². The number of hydrogen-bond donors (Lipinski definition) is 2.